The molecule has 0 amide bonds. The third kappa shape index (κ3) is 5.45. The lowest BCUT2D eigenvalue weighted by molar-refractivity contribution is 0.0999. The van der Waals surface area contributed by atoms with Crippen molar-refractivity contribution in [2.24, 2.45) is 5.92 Å². The molecule has 0 spiro atoms. The first-order valence-corrected chi connectivity index (χ1v) is 6.20. The molecule has 0 unspecified atom stereocenters. The zero-order valence-electron chi connectivity index (χ0n) is 10.2. The Hall–Kier alpha value is -0.630. The lowest BCUT2D eigenvalue weighted by atomic mass is 9.96. The molecule has 0 radical (unpaired) electrons. The quantitative estimate of drug-likeness (QED) is 0.649. The number of aliphatic hydroxyl groups excluding tert-OH is 1. The summed E-state index contributed by atoms with van der Waals surface area (Å²) in [7, 11) is 0. The summed E-state index contributed by atoms with van der Waals surface area (Å²) in [6.45, 7) is 6.67. The van der Waals surface area contributed by atoms with Crippen LogP contribution in [0.2, 0.25) is 0 Å². The minimum atomic E-state index is -0.217. The first-order valence-electron chi connectivity index (χ1n) is 6.20. The first-order chi connectivity index (χ1) is 7.72. The highest BCUT2D eigenvalue weighted by molar-refractivity contribution is 4.76. The minimum absolute atomic E-state index is 0.217. The number of rotatable bonds is 6. The maximum absolute atomic E-state index is 9.29. The Morgan fingerprint density at radius 1 is 1.50 bits per heavy atom. The fourth-order valence-electron chi connectivity index (χ4n) is 2.20. The van der Waals surface area contributed by atoms with Crippen LogP contribution in [-0.2, 0) is 0 Å². The molecule has 1 atom stereocenters. The summed E-state index contributed by atoms with van der Waals surface area (Å²) in [5.41, 5.74) is 0. The van der Waals surface area contributed by atoms with Gasteiger partial charge in [-0.15, -0.1) is 0 Å². The van der Waals surface area contributed by atoms with Crippen molar-refractivity contribution in [3.63, 3.8) is 0 Å². The summed E-state index contributed by atoms with van der Waals surface area (Å²) in [4.78, 5) is 2.33. The highest BCUT2D eigenvalue weighted by Crippen LogP contribution is 2.16. The van der Waals surface area contributed by atoms with E-state index in [1.54, 1.807) is 0 Å². The van der Waals surface area contributed by atoms with Gasteiger partial charge in [0.1, 0.15) is 0 Å². The van der Waals surface area contributed by atoms with Crippen LogP contribution in [0.3, 0.4) is 0 Å². The monoisotopic (exact) mass is 225 g/mol. The molecule has 0 saturated carbocycles. The number of nitriles is 1. The number of nitrogens with one attached hydrogen (secondary N) is 1. The van der Waals surface area contributed by atoms with E-state index >= 15 is 0 Å². The van der Waals surface area contributed by atoms with Gasteiger partial charge in [0.05, 0.1) is 12.2 Å². The average molecular weight is 225 g/mol. The van der Waals surface area contributed by atoms with E-state index < -0.39 is 0 Å². The molecule has 0 bridgehead atoms. The summed E-state index contributed by atoms with van der Waals surface area (Å²) in [5, 5.41) is 21.0. The van der Waals surface area contributed by atoms with Crippen LogP contribution in [0.5, 0.6) is 0 Å². The summed E-state index contributed by atoms with van der Waals surface area (Å²) in [5.74, 6) is 0.740. The molecular weight excluding hydrogens is 202 g/mol. The fourth-order valence-corrected chi connectivity index (χ4v) is 2.20. The molecule has 16 heavy (non-hydrogen) atoms. The summed E-state index contributed by atoms with van der Waals surface area (Å²) < 4.78 is 0. The smallest absolute Gasteiger partial charge is 0.0639 e. The third-order valence-corrected chi connectivity index (χ3v) is 3.08. The molecule has 0 aliphatic carbocycles. The SMILES string of the molecule is C[C@@H](O)CN1CCC(CNCCC#N)CC1. The standard InChI is InChI=1S/C12H23N3O/c1-11(16)10-15-7-3-12(4-8-15)9-14-6-2-5-13/h11-12,14,16H,2-4,6-10H2,1H3/t11-/m1/s1. The first kappa shape index (κ1) is 13.4. The predicted molar refractivity (Wildman–Crippen MR) is 63.9 cm³/mol. The number of aliphatic hydroxyl groups is 1. The Labute approximate surface area is 98.2 Å². The normalized spacial score (nSPS) is 20.6. The topological polar surface area (TPSA) is 59.3 Å². The minimum Gasteiger partial charge on any atom is -0.392 e. The van der Waals surface area contributed by atoms with Crippen LogP contribution in [-0.4, -0.2) is 48.8 Å². The van der Waals surface area contributed by atoms with Crippen molar-refractivity contribution in [2.75, 3.05) is 32.7 Å². The largest absolute Gasteiger partial charge is 0.392 e. The number of hydrogen-bond donors (Lipinski definition) is 2. The Morgan fingerprint density at radius 2 is 2.19 bits per heavy atom. The molecule has 92 valence electrons. The van der Waals surface area contributed by atoms with Gasteiger partial charge < -0.3 is 15.3 Å². The number of piperidine rings is 1. The number of nitrogens with zero attached hydrogens (tertiary/aromatic N) is 2. The van der Waals surface area contributed by atoms with E-state index in [0.29, 0.717) is 6.42 Å². The van der Waals surface area contributed by atoms with E-state index in [9.17, 15) is 5.11 Å². The van der Waals surface area contributed by atoms with Crippen molar-refractivity contribution in [3.05, 3.63) is 0 Å². The van der Waals surface area contributed by atoms with Gasteiger partial charge in [-0.05, 0) is 45.3 Å². The van der Waals surface area contributed by atoms with Crippen LogP contribution in [0.25, 0.3) is 0 Å². The highest BCUT2D eigenvalue weighted by atomic mass is 16.3. The van der Waals surface area contributed by atoms with Gasteiger partial charge in [-0.2, -0.15) is 5.26 Å². The van der Waals surface area contributed by atoms with Crippen LogP contribution >= 0.6 is 0 Å². The molecular formula is C12H23N3O. The van der Waals surface area contributed by atoms with Crippen molar-refractivity contribution in [1.29, 1.82) is 5.26 Å². The molecule has 4 heteroatoms. The molecule has 0 aromatic rings. The zero-order valence-corrected chi connectivity index (χ0v) is 10.2. The Morgan fingerprint density at radius 3 is 2.75 bits per heavy atom. The molecule has 4 nitrogen and oxygen atoms in total. The fraction of sp³-hybridized carbons (Fsp3) is 0.917. The Bertz CT molecular complexity index is 217. The molecule has 1 rings (SSSR count). The van der Waals surface area contributed by atoms with E-state index in [1.165, 1.54) is 12.8 Å². The Kier molecular flexibility index (Phi) is 6.39. The zero-order chi connectivity index (χ0) is 11.8. The maximum atomic E-state index is 9.29. The van der Waals surface area contributed by atoms with Gasteiger partial charge in [0.15, 0.2) is 0 Å². The van der Waals surface area contributed by atoms with E-state index in [4.69, 9.17) is 5.26 Å². The summed E-state index contributed by atoms with van der Waals surface area (Å²) >= 11 is 0. The van der Waals surface area contributed by atoms with Crippen LogP contribution < -0.4 is 5.32 Å². The van der Waals surface area contributed by atoms with Gasteiger partial charge in [-0.1, -0.05) is 0 Å². The van der Waals surface area contributed by atoms with Gasteiger partial charge in [-0.3, -0.25) is 0 Å². The van der Waals surface area contributed by atoms with E-state index in [0.717, 1.165) is 38.6 Å². The van der Waals surface area contributed by atoms with Crippen molar-refractivity contribution in [2.45, 2.75) is 32.3 Å². The van der Waals surface area contributed by atoms with Crippen LogP contribution in [0.4, 0.5) is 0 Å². The van der Waals surface area contributed by atoms with Gasteiger partial charge in [0.25, 0.3) is 0 Å². The van der Waals surface area contributed by atoms with Gasteiger partial charge in [0, 0.05) is 19.5 Å². The molecule has 1 fully saturated rings. The van der Waals surface area contributed by atoms with Crippen molar-refractivity contribution < 1.29 is 5.11 Å². The van der Waals surface area contributed by atoms with Crippen LogP contribution in [0.1, 0.15) is 26.2 Å². The number of β-amino-alcohol motifs (C(OH)–C–C–N with tert-alkyl or cyclic N) is 1. The van der Waals surface area contributed by atoms with Crippen LogP contribution in [0, 0.1) is 17.2 Å². The summed E-state index contributed by atoms with van der Waals surface area (Å²) in [6, 6.07) is 2.14. The van der Waals surface area contributed by atoms with E-state index in [1.807, 2.05) is 6.92 Å². The third-order valence-electron chi connectivity index (χ3n) is 3.08. The number of likely N-dealkylation sites (tertiary alicyclic amines) is 1. The molecule has 0 aromatic carbocycles. The van der Waals surface area contributed by atoms with Crippen LogP contribution in [0.15, 0.2) is 0 Å². The van der Waals surface area contributed by atoms with Crippen molar-refractivity contribution >= 4 is 0 Å². The van der Waals surface area contributed by atoms with Crippen molar-refractivity contribution in [3.8, 4) is 6.07 Å². The summed E-state index contributed by atoms with van der Waals surface area (Å²) in [6.07, 6.45) is 2.78. The second-order valence-corrected chi connectivity index (χ2v) is 4.71. The predicted octanol–water partition coefficient (Wildman–Crippen LogP) is 0.582. The average Bonchev–Trinajstić information content (AvgIpc) is 2.26. The Balaban J connectivity index is 2.06. The van der Waals surface area contributed by atoms with Crippen molar-refractivity contribution in [1.82, 2.24) is 10.2 Å². The highest BCUT2D eigenvalue weighted by Gasteiger charge is 2.19. The van der Waals surface area contributed by atoms with E-state index in [-0.39, 0.29) is 6.10 Å². The molecule has 1 heterocycles. The second kappa shape index (κ2) is 7.61. The molecule has 0 aromatic heterocycles. The molecule has 2 N–H and O–H groups in total. The lowest BCUT2D eigenvalue weighted by Crippen LogP contribution is -2.40. The lowest BCUT2D eigenvalue weighted by Gasteiger charge is -2.32. The van der Waals surface area contributed by atoms with Gasteiger partial charge >= 0.3 is 0 Å². The second-order valence-electron chi connectivity index (χ2n) is 4.71. The number of hydrogen-bond acceptors (Lipinski definition) is 4. The molecule has 1 aliphatic rings. The molecule has 1 saturated heterocycles. The maximum Gasteiger partial charge on any atom is 0.0639 e. The van der Waals surface area contributed by atoms with Gasteiger partial charge in [-0.25, -0.2) is 0 Å². The molecule has 1 aliphatic heterocycles. The van der Waals surface area contributed by atoms with Gasteiger partial charge in [0.2, 0.25) is 0 Å². The van der Waals surface area contributed by atoms with E-state index in [2.05, 4.69) is 16.3 Å².